The lowest BCUT2D eigenvalue weighted by atomic mass is 9.78. The van der Waals surface area contributed by atoms with Crippen LogP contribution in [0.25, 0.3) is 0 Å². The highest BCUT2D eigenvalue weighted by molar-refractivity contribution is 4.90. The summed E-state index contributed by atoms with van der Waals surface area (Å²) in [5, 5.41) is 3.96. The Kier molecular flexibility index (Phi) is 5.36. The molecule has 0 aromatic rings. The van der Waals surface area contributed by atoms with Crippen molar-refractivity contribution >= 4 is 0 Å². The van der Waals surface area contributed by atoms with Gasteiger partial charge in [-0.2, -0.15) is 0 Å². The van der Waals surface area contributed by atoms with Gasteiger partial charge in [-0.15, -0.1) is 0 Å². The van der Waals surface area contributed by atoms with E-state index in [4.69, 9.17) is 0 Å². The van der Waals surface area contributed by atoms with Crippen molar-refractivity contribution in [2.45, 2.75) is 63.5 Å². The quantitative estimate of drug-likeness (QED) is 0.833. The second kappa shape index (κ2) is 7.24. The average Bonchev–Trinajstić information content (AvgIpc) is 2.98. The van der Waals surface area contributed by atoms with Gasteiger partial charge in [0.25, 0.3) is 0 Å². The Morgan fingerprint density at radius 1 is 1.00 bits per heavy atom. The van der Waals surface area contributed by atoms with Crippen molar-refractivity contribution in [3.8, 4) is 0 Å². The van der Waals surface area contributed by atoms with E-state index in [1.807, 2.05) is 0 Å². The number of nitrogens with one attached hydrogen (secondary N) is 1. The SMILES string of the molecule is CN(CCN1CCCC1)CC1CCC2CCCCC2N1. The van der Waals surface area contributed by atoms with Gasteiger partial charge in [0, 0.05) is 31.7 Å². The molecule has 3 heteroatoms. The minimum absolute atomic E-state index is 0.748. The molecule has 1 saturated carbocycles. The standard InChI is InChI=1S/C17H33N3/c1-19(12-13-20-10-4-5-11-20)14-16-9-8-15-6-2-3-7-17(15)18-16/h15-18H,2-14H2,1H3. The number of rotatable bonds is 5. The summed E-state index contributed by atoms with van der Waals surface area (Å²) in [6, 6.07) is 1.59. The van der Waals surface area contributed by atoms with Gasteiger partial charge in [0.05, 0.1) is 0 Å². The molecule has 3 rings (SSSR count). The first-order chi connectivity index (χ1) is 9.81. The van der Waals surface area contributed by atoms with Gasteiger partial charge in [-0.25, -0.2) is 0 Å². The summed E-state index contributed by atoms with van der Waals surface area (Å²) in [4.78, 5) is 5.18. The number of likely N-dealkylation sites (N-methyl/N-ethyl adjacent to an activating group) is 1. The first-order valence-corrected chi connectivity index (χ1v) is 8.98. The third kappa shape index (κ3) is 3.96. The third-order valence-corrected chi connectivity index (χ3v) is 5.77. The minimum Gasteiger partial charge on any atom is -0.310 e. The summed E-state index contributed by atoms with van der Waals surface area (Å²) >= 11 is 0. The van der Waals surface area contributed by atoms with E-state index < -0.39 is 0 Å². The van der Waals surface area contributed by atoms with Crippen molar-refractivity contribution in [1.82, 2.24) is 15.1 Å². The largest absolute Gasteiger partial charge is 0.310 e. The van der Waals surface area contributed by atoms with E-state index in [0.29, 0.717) is 0 Å². The lowest BCUT2D eigenvalue weighted by molar-refractivity contribution is 0.148. The van der Waals surface area contributed by atoms with Gasteiger partial charge in [0.15, 0.2) is 0 Å². The second-order valence-corrected chi connectivity index (χ2v) is 7.40. The molecule has 3 fully saturated rings. The van der Waals surface area contributed by atoms with Crippen LogP contribution in [0.2, 0.25) is 0 Å². The van der Waals surface area contributed by atoms with E-state index >= 15 is 0 Å². The first-order valence-electron chi connectivity index (χ1n) is 8.98. The van der Waals surface area contributed by atoms with Gasteiger partial charge in [-0.05, 0) is 64.6 Å². The van der Waals surface area contributed by atoms with Crippen LogP contribution in [0.3, 0.4) is 0 Å². The van der Waals surface area contributed by atoms with Gasteiger partial charge < -0.3 is 15.1 Å². The Bertz CT molecular complexity index is 288. The van der Waals surface area contributed by atoms with Crippen molar-refractivity contribution in [2.75, 3.05) is 39.8 Å². The van der Waals surface area contributed by atoms with Gasteiger partial charge in [0.1, 0.15) is 0 Å². The van der Waals surface area contributed by atoms with E-state index in [1.54, 1.807) is 0 Å². The molecule has 0 radical (unpaired) electrons. The monoisotopic (exact) mass is 279 g/mol. The molecule has 116 valence electrons. The number of hydrogen-bond donors (Lipinski definition) is 1. The Balaban J connectivity index is 1.36. The van der Waals surface area contributed by atoms with E-state index in [2.05, 4.69) is 22.2 Å². The van der Waals surface area contributed by atoms with Crippen LogP contribution in [0.4, 0.5) is 0 Å². The number of likely N-dealkylation sites (tertiary alicyclic amines) is 1. The highest BCUT2D eigenvalue weighted by Crippen LogP contribution is 2.32. The van der Waals surface area contributed by atoms with Gasteiger partial charge >= 0.3 is 0 Å². The third-order valence-electron chi connectivity index (χ3n) is 5.77. The average molecular weight is 279 g/mol. The zero-order valence-corrected chi connectivity index (χ0v) is 13.3. The predicted octanol–water partition coefficient (Wildman–Crippen LogP) is 2.32. The van der Waals surface area contributed by atoms with Crippen LogP contribution < -0.4 is 5.32 Å². The van der Waals surface area contributed by atoms with Crippen LogP contribution in [0, 0.1) is 5.92 Å². The molecule has 3 unspecified atom stereocenters. The van der Waals surface area contributed by atoms with Crippen molar-refractivity contribution in [1.29, 1.82) is 0 Å². The van der Waals surface area contributed by atoms with Crippen LogP contribution in [-0.4, -0.2) is 61.7 Å². The molecule has 0 aromatic heterocycles. The molecule has 3 nitrogen and oxygen atoms in total. The molecule has 0 spiro atoms. The maximum Gasteiger partial charge on any atom is 0.0197 e. The molecule has 2 aliphatic heterocycles. The number of hydrogen-bond acceptors (Lipinski definition) is 3. The summed E-state index contributed by atoms with van der Waals surface area (Å²) < 4.78 is 0. The molecule has 2 saturated heterocycles. The lowest BCUT2D eigenvalue weighted by Gasteiger charge is -2.41. The molecule has 3 atom stereocenters. The molecule has 0 bridgehead atoms. The zero-order chi connectivity index (χ0) is 13.8. The van der Waals surface area contributed by atoms with E-state index in [-0.39, 0.29) is 0 Å². The van der Waals surface area contributed by atoms with Crippen molar-refractivity contribution in [2.24, 2.45) is 5.92 Å². The molecule has 0 aromatic carbocycles. The highest BCUT2D eigenvalue weighted by atomic mass is 15.2. The fourth-order valence-corrected chi connectivity index (χ4v) is 4.50. The van der Waals surface area contributed by atoms with Crippen LogP contribution in [0.5, 0.6) is 0 Å². The fraction of sp³-hybridized carbons (Fsp3) is 1.00. The normalized spacial score (nSPS) is 35.4. The Morgan fingerprint density at radius 3 is 2.65 bits per heavy atom. The zero-order valence-electron chi connectivity index (χ0n) is 13.3. The predicted molar refractivity (Wildman–Crippen MR) is 85.1 cm³/mol. The topological polar surface area (TPSA) is 18.5 Å². The molecule has 1 N–H and O–H groups in total. The van der Waals surface area contributed by atoms with Crippen LogP contribution in [-0.2, 0) is 0 Å². The van der Waals surface area contributed by atoms with E-state index in [9.17, 15) is 0 Å². The maximum atomic E-state index is 3.96. The van der Waals surface area contributed by atoms with Crippen molar-refractivity contribution < 1.29 is 0 Å². The number of piperidine rings is 1. The van der Waals surface area contributed by atoms with Crippen LogP contribution in [0.1, 0.15) is 51.4 Å². The maximum absolute atomic E-state index is 3.96. The van der Waals surface area contributed by atoms with Gasteiger partial charge in [-0.1, -0.05) is 12.8 Å². The summed E-state index contributed by atoms with van der Waals surface area (Å²) in [5.74, 6) is 0.995. The summed E-state index contributed by atoms with van der Waals surface area (Å²) in [5.41, 5.74) is 0. The van der Waals surface area contributed by atoms with E-state index in [1.165, 1.54) is 84.1 Å². The highest BCUT2D eigenvalue weighted by Gasteiger charge is 2.31. The minimum atomic E-state index is 0.748. The molecule has 20 heavy (non-hydrogen) atoms. The Labute approximate surface area is 125 Å². The second-order valence-electron chi connectivity index (χ2n) is 7.40. The summed E-state index contributed by atoms with van der Waals surface area (Å²) in [7, 11) is 2.31. The Morgan fingerprint density at radius 2 is 1.80 bits per heavy atom. The first kappa shape index (κ1) is 14.8. The molecular formula is C17H33N3. The van der Waals surface area contributed by atoms with Crippen LogP contribution in [0.15, 0.2) is 0 Å². The molecule has 3 aliphatic rings. The van der Waals surface area contributed by atoms with Gasteiger partial charge in [0.2, 0.25) is 0 Å². The van der Waals surface area contributed by atoms with Crippen LogP contribution >= 0.6 is 0 Å². The fourth-order valence-electron chi connectivity index (χ4n) is 4.50. The van der Waals surface area contributed by atoms with E-state index in [0.717, 1.165) is 18.0 Å². The summed E-state index contributed by atoms with van der Waals surface area (Å²) in [6.07, 6.45) is 11.5. The van der Waals surface area contributed by atoms with Crippen molar-refractivity contribution in [3.63, 3.8) is 0 Å². The summed E-state index contributed by atoms with van der Waals surface area (Å²) in [6.45, 7) is 6.43. The Hall–Kier alpha value is -0.120. The number of nitrogens with zero attached hydrogens (tertiary/aromatic N) is 2. The molecule has 2 heterocycles. The smallest absolute Gasteiger partial charge is 0.0197 e. The molecule has 0 amide bonds. The van der Waals surface area contributed by atoms with Crippen molar-refractivity contribution in [3.05, 3.63) is 0 Å². The lowest BCUT2D eigenvalue weighted by Crippen LogP contribution is -2.52. The molecule has 1 aliphatic carbocycles. The molecular weight excluding hydrogens is 246 g/mol. The number of fused-ring (bicyclic) bond motifs is 1. The van der Waals surface area contributed by atoms with Gasteiger partial charge in [-0.3, -0.25) is 0 Å².